The van der Waals surface area contributed by atoms with Gasteiger partial charge >= 0.3 is 0 Å². The first-order valence-electron chi connectivity index (χ1n) is 6.88. The summed E-state index contributed by atoms with van der Waals surface area (Å²) in [7, 11) is 0. The van der Waals surface area contributed by atoms with E-state index in [2.05, 4.69) is 21.4 Å². The molecule has 0 fully saturated rings. The van der Waals surface area contributed by atoms with Crippen LogP contribution >= 0.6 is 23.4 Å². The van der Waals surface area contributed by atoms with E-state index in [1.54, 1.807) is 19.1 Å². The number of hydrogen-bond donors (Lipinski definition) is 1. The molecule has 0 aliphatic rings. The van der Waals surface area contributed by atoms with Crippen molar-refractivity contribution in [3.8, 4) is 6.07 Å². The Morgan fingerprint density at radius 2 is 2.17 bits per heavy atom. The monoisotopic (exact) mass is 346 g/mol. The van der Waals surface area contributed by atoms with Gasteiger partial charge in [-0.05, 0) is 44.5 Å². The minimum absolute atomic E-state index is 0.213. The Hall–Kier alpha value is -2.10. The third-order valence-corrected chi connectivity index (χ3v) is 4.37. The predicted octanol–water partition coefficient (Wildman–Crippen LogP) is 3.74. The normalized spacial score (nSPS) is 11.6. The number of nitriles is 1. The van der Waals surface area contributed by atoms with Crippen LogP contribution in [0.1, 0.15) is 23.7 Å². The van der Waals surface area contributed by atoms with Gasteiger partial charge in [0, 0.05) is 11.9 Å². The van der Waals surface area contributed by atoms with Crippen LogP contribution in [0.15, 0.2) is 29.4 Å². The van der Waals surface area contributed by atoms with Crippen LogP contribution in [0.3, 0.4) is 0 Å². The van der Waals surface area contributed by atoms with E-state index in [4.69, 9.17) is 11.6 Å². The lowest BCUT2D eigenvalue weighted by atomic mass is 10.1. The summed E-state index contributed by atoms with van der Waals surface area (Å²) in [5.41, 5.74) is 2.18. The van der Waals surface area contributed by atoms with E-state index in [0.717, 1.165) is 11.3 Å². The Balaban J connectivity index is 2.12. The molecule has 0 saturated carbocycles. The molecule has 0 saturated heterocycles. The number of aromatic nitrogens is 2. The Bertz CT molecular complexity index is 771. The predicted molar refractivity (Wildman–Crippen MR) is 91.6 cm³/mol. The first-order valence-corrected chi connectivity index (χ1v) is 8.14. The van der Waals surface area contributed by atoms with Gasteiger partial charge in [0.25, 0.3) is 0 Å². The van der Waals surface area contributed by atoms with Crippen LogP contribution in [0.5, 0.6) is 0 Å². The third-order valence-electron chi connectivity index (χ3n) is 3.06. The van der Waals surface area contributed by atoms with E-state index in [-0.39, 0.29) is 5.91 Å². The van der Waals surface area contributed by atoms with Gasteiger partial charge in [0.2, 0.25) is 5.91 Å². The lowest BCUT2D eigenvalue weighted by Gasteiger charge is -2.13. The summed E-state index contributed by atoms with van der Waals surface area (Å²) in [6.07, 6.45) is 1.47. The van der Waals surface area contributed by atoms with Crippen molar-refractivity contribution >= 4 is 35.1 Å². The number of halogens is 1. The zero-order valence-corrected chi connectivity index (χ0v) is 14.5. The molecular weight excluding hydrogens is 332 g/mol. The number of nitrogens with one attached hydrogen (secondary N) is 1. The zero-order chi connectivity index (χ0) is 17.0. The van der Waals surface area contributed by atoms with Gasteiger partial charge in [-0.15, -0.1) is 0 Å². The molecule has 2 rings (SSSR count). The average molecular weight is 347 g/mol. The third kappa shape index (κ3) is 4.44. The Morgan fingerprint density at radius 1 is 1.43 bits per heavy atom. The second-order valence-electron chi connectivity index (χ2n) is 4.98. The molecule has 23 heavy (non-hydrogen) atoms. The summed E-state index contributed by atoms with van der Waals surface area (Å²) in [6, 6.07) is 7.29. The lowest BCUT2D eigenvalue weighted by molar-refractivity contribution is -0.115. The van der Waals surface area contributed by atoms with Gasteiger partial charge in [-0.25, -0.2) is 9.97 Å². The molecule has 0 spiro atoms. The molecule has 0 bridgehead atoms. The number of aryl methyl sites for hydroxylation is 2. The van der Waals surface area contributed by atoms with Crippen LogP contribution in [0.25, 0.3) is 0 Å². The molecule has 2 aromatic rings. The van der Waals surface area contributed by atoms with Crippen molar-refractivity contribution in [3.63, 3.8) is 0 Å². The van der Waals surface area contributed by atoms with Crippen LogP contribution in [0, 0.1) is 25.2 Å². The van der Waals surface area contributed by atoms with Gasteiger partial charge in [0.15, 0.2) is 0 Å². The average Bonchev–Trinajstić information content (AvgIpc) is 2.49. The maximum Gasteiger partial charge on any atom is 0.238 e. The first kappa shape index (κ1) is 17.3. The van der Waals surface area contributed by atoms with E-state index in [9.17, 15) is 10.1 Å². The SMILES string of the molecule is Cc1cc(C)c(C#N)c(S[C@@H](C)C(=O)Nc2ccc(Cl)cn2)n1. The van der Waals surface area contributed by atoms with E-state index >= 15 is 0 Å². The second-order valence-corrected chi connectivity index (χ2v) is 6.75. The summed E-state index contributed by atoms with van der Waals surface area (Å²) in [4.78, 5) is 20.7. The standard InChI is InChI=1S/C16H15ClN4OS/c1-9-6-10(2)20-16(13(9)7-18)23-11(3)15(22)21-14-5-4-12(17)8-19-14/h4-6,8,11H,1-3H3,(H,19,21,22)/t11-/m0/s1. The molecule has 0 aliphatic heterocycles. The Morgan fingerprint density at radius 3 is 2.78 bits per heavy atom. The second kappa shape index (κ2) is 7.44. The fourth-order valence-electron chi connectivity index (χ4n) is 1.92. The molecule has 0 radical (unpaired) electrons. The molecule has 118 valence electrons. The fourth-order valence-corrected chi connectivity index (χ4v) is 3.06. The molecule has 5 nitrogen and oxygen atoms in total. The number of anilines is 1. The topological polar surface area (TPSA) is 78.7 Å². The minimum Gasteiger partial charge on any atom is -0.310 e. The Labute approximate surface area is 144 Å². The van der Waals surface area contributed by atoms with Gasteiger partial charge in [-0.3, -0.25) is 4.79 Å². The summed E-state index contributed by atoms with van der Waals surface area (Å²) in [6.45, 7) is 5.48. The van der Waals surface area contributed by atoms with E-state index in [0.29, 0.717) is 21.4 Å². The van der Waals surface area contributed by atoms with E-state index in [1.165, 1.54) is 18.0 Å². The highest BCUT2D eigenvalue weighted by Crippen LogP contribution is 2.27. The number of carbonyl (C=O) groups is 1. The van der Waals surface area contributed by atoms with Gasteiger partial charge in [0.05, 0.1) is 15.8 Å². The van der Waals surface area contributed by atoms with Crippen molar-refractivity contribution in [1.82, 2.24) is 9.97 Å². The highest BCUT2D eigenvalue weighted by atomic mass is 35.5. The summed E-state index contributed by atoms with van der Waals surface area (Å²) in [5.74, 6) is 0.218. The van der Waals surface area contributed by atoms with Gasteiger partial charge in [-0.2, -0.15) is 5.26 Å². The molecule has 0 unspecified atom stereocenters. The van der Waals surface area contributed by atoms with Gasteiger partial charge in [0.1, 0.15) is 16.9 Å². The number of rotatable bonds is 4. The van der Waals surface area contributed by atoms with Gasteiger partial charge in [-0.1, -0.05) is 23.4 Å². The number of pyridine rings is 2. The number of carbonyl (C=O) groups excluding carboxylic acids is 1. The molecule has 0 aromatic carbocycles. The van der Waals surface area contributed by atoms with Gasteiger partial charge < -0.3 is 5.32 Å². The Kier molecular flexibility index (Phi) is 5.59. The largest absolute Gasteiger partial charge is 0.310 e. The van der Waals surface area contributed by atoms with Crippen LogP contribution in [0.2, 0.25) is 5.02 Å². The van der Waals surface area contributed by atoms with Crippen molar-refractivity contribution in [3.05, 3.63) is 46.2 Å². The number of thioether (sulfide) groups is 1. The highest BCUT2D eigenvalue weighted by Gasteiger charge is 2.19. The maximum absolute atomic E-state index is 12.3. The van der Waals surface area contributed by atoms with Crippen molar-refractivity contribution in [2.45, 2.75) is 31.0 Å². The smallest absolute Gasteiger partial charge is 0.238 e. The van der Waals surface area contributed by atoms with E-state index in [1.807, 2.05) is 19.9 Å². The quantitative estimate of drug-likeness (QED) is 0.853. The van der Waals surface area contributed by atoms with E-state index < -0.39 is 5.25 Å². The van der Waals surface area contributed by atoms with Crippen molar-refractivity contribution in [2.75, 3.05) is 5.32 Å². The van der Waals surface area contributed by atoms with Crippen LogP contribution in [0.4, 0.5) is 5.82 Å². The number of nitrogens with zero attached hydrogens (tertiary/aromatic N) is 3. The minimum atomic E-state index is -0.423. The lowest BCUT2D eigenvalue weighted by Crippen LogP contribution is -2.23. The highest BCUT2D eigenvalue weighted by molar-refractivity contribution is 8.00. The number of amides is 1. The van der Waals surface area contributed by atoms with Crippen molar-refractivity contribution < 1.29 is 4.79 Å². The van der Waals surface area contributed by atoms with Crippen molar-refractivity contribution in [1.29, 1.82) is 5.26 Å². The molecule has 1 atom stereocenters. The van der Waals surface area contributed by atoms with Crippen LogP contribution in [-0.4, -0.2) is 21.1 Å². The summed E-state index contributed by atoms with van der Waals surface area (Å²) >= 11 is 7.02. The molecule has 1 amide bonds. The van der Waals surface area contributed by atoms with Crippen LogP contribution in [-0.2, 0) is 4.79 Å². The molecule has 1 N–H and O–H groups in total. The molecule has 2 aromatic heterocycles. The number of hydrogen-bond acceptors (Lipinski definition) is 5. The molecule has 2 heterocycles. The molecule has 0 aliphatic carbocycles. The summed E-state index contributed by atoms with van der Waals surface area (Å²) < 4.78 is 0. The van der Waals surface area contributed by atoms with Crippen molar-refractivity contribution in [2.24, 2.45) is 0 Å². The fraction of sp³-hybridized carbons (Fsp3) is 0.250. The maximum atomic E-state index is 12.3. The van der Waals surface area contributed by atoms with Crippen LogP contribution < -0.4 is 5.32 Å². The zero-order valence-electron chi connectivity index (χ0n) is 12.9. The summed E-state index contributed by atoms with van der Waals surface area (Å²) in [5, 5.41) is 12.6. The molecular formula is C16H15ClN4OS. The molecule has 7 heteroatoms. The first-order chi connectivity index (χ1) is 10.9.